The van der Waals surface area contributed by atoms with E-state index in [1.165, 1.54) is 0 Å². The molecule has 1 fully saturated rings. The highest BCUT2D eigenvalue weighted by molar-refractivity contribution is 5.77. The highest BCUT2D eigenvalue weighted by Crippen LogP contribution is 2.31. The van der Waals surface area contributed by atoms with E-state index in [-0.39, 0.29) is 16.9 Å². The summed E-state index contributed by atoms with van der Waals surface area (Å²) in [4.78, 5) is 11.6. The Hall–Kier alpha value is -0.610. The maximum Gasteiger partial charge on any atom is 0.221 e. The summed E-state index contributed by atoms with van der Waals surface area (Å²) in [5.74, 6) is -0.0415. The molecule has 4 nitrogen and oxygen atoms in total. The summed E-state index contributed by atoms with van der Waals surface area (Å²) in [6.07, 6.45) is 3.58. The fraction of sp³-hybridized carbons (Fsp3) is 0.923. The van der Waals surface area contributed by atoms with Crippen LogP contribution in [0.2, 0.25) is 0 Å². The first kappa shape index (κ1) is 14.5. The minimum Gasteiger partial charge on any atom is -0.391 e. The van der Waals surface area contributed by atoms with Gasteiger partial charge in [0.25, 0.3) is 0 Å². The molecule has 0 aliphatic heterocycles. The van der Waals surface area contributed by atoms with Crippen molar-refractivity contribution >= 4 is 5.91 Å². The van der Waals surface area contributed by atoms with Crippen molar-refractivity contribution in [3.8, 4) is 0 Å². The van der Waals surface area contributed by atoms with Crippen LogP contribution < -0.4 is 11.1 Å². The van der Waals surface area contributed by atoms with Gasteiger partial charge in [0.1, 0.15) is 0 Å². The van der Waals surface area contributed by atoms with Gasteiger partial charge in [-0.25, -0.2) is 0 Å². The van der Waals surface area contributed by atoms with Crippen LogP contribution in [0.5, 0.6) is 0 Å². The number of rotatable bonds is 5. The fourth-order valence-corrected chi connectivity index (χ4v) is 2.20. The largest absolute Gasteiger partial charge is 0.391 e. The van der Waals surface area contributed by atoms with Crippen LogP contribution in [0, 0.1) is 5.41 Å². The Kier molecular flexibility index (Phi) is 4.55. The summed E-state index contributed by atoms with van der Waals surface area (Å²) in [6.45, 7) is 6.54. The molecular formula is C13H26N2O2. The minimum atomic E-state index is -0.478. The zero-order valence-corrected chi connectivity index (χ0v) is 11.3. The van der Waals surface area contributed by atoms with Gasteiger partial charge in [-0.1, -0.05) is 20.8 Å². The average Bonchev–Trinajstić information content (AvgIpc) is 2.09. The lowest BCUT2D eigenvalue weighted by molar-refractivity contribution is -0.123. The van der Waals surface area contributed by atoms with Gasteiger partial charge in [0.15, 0.2) is 0 Å². The number of carbonyl (C=O) groups excluding carboxylic acids is 1. The Morgan fingerprint density at radius 1 is 1.47 bits per heavy atom. The van der Waals surface area contributed by atoms with E-state index in [0.29, 0.717) is 19.4 Å². The number of nitrogens with two attached hydrogens (primary N) is 1. The van der Waals surface area contributed by atoms with Gasteiger partial charge in [0.2, 0.25) is 5.91 Å². The number of hydrogen-bond donors (Lipinski definition) is 3. The third-order valence-corrected chi connectivity index (χ3v) is 3.24. The summed E-state index contributed by atoms with van der Waals surface area (Å²) < 4.78 is 0. The van der Waals surface area contributed by atoms with Crippen LogP contribution >= 0.6 is 0 Å². The number of hydrogen-bond acceptors (Lipinski definition) is 3. The Morgan fingerprint density at radius 3 is 2.47 bits per heavy atom. The molecule has 1 atom stereocenters. The van der Waals surface area contributed by atoms with Crippen LogP contribution in [0.25, 0.3) is 0 Å². The molecule has 1 amide bonds. The minimum absolute atomic E-state index is 0.0415. The van der Waals surface area contributed by atoms with E-state index < -0.39 is 6.10 Å². The molecule has 0 heterocycles. The summed E-state index contributed by atoms with van der Waals surface area (Å²) in [6, 6.07) is 0. The van der Waals surface area contributed by atoms with E-state index in [1.54, 1.807) is 0 Å². The highest BCUT2D eigenvalue weighted by atomic mass is 16.3. The van der Waals surface area contributed by atoms with Crippen molar-refractivity contribution < 1.29 is 9.90 Å². The summed E-state index contributed by atoms with van der Waals surface area (Å²) in [5.41, 5.74) is 5.79. The number of aliphatic hydroxyl groups excluding tert-OH is 1. The van der Waals surface area contributed by atoms with Gasteiger partial charge in [-0.3, -0.25) is 4.79 Å². The monoisotopic (exact) mass is 242 g/mol. The van der Waals surface area contributed by atoms with Crippen LogP contribution in [-0.2, 0) is 4.79 Å². The highest BCUT2D eigenvalue weighted by Gasteiger charge is 2.34. The number of nitrogens with one attached hydrogen (secondary N) is 1. The standard InChI is InChI=1S/C13H26N2O2/c1-12(2,3)7-10(16)9-15-11(17)8-13(14)5-4-6-13/h10,16H,4-9,14H2,1-3H3,(H,15,17). The quantitative estimate of drug-likeness (QED) is 0.677. The Morgan fingerprint density at radius 2 is 2.06 bits per heavy atom. The fourth-order valence-electron chi connectivity index (χ4n) is 2.20. The predicted molar refractivity (Wildman–Crippen MR) is 68.5 cm³/mol. The van der Waals surface area contributed by atoms with E-state index in [0.717, 1.165) is 19.3 Å². The molecule has 1 rings (SSSR count). The molecule has 0 spiro atoms. The van der Waals surface area contributed by atoms with Gasteiger partial charge in [-0.2, -0.15) is 0 Å². The molecule has 1 aliphatic carbocycles. The lowest BCUT2D eigenvalue weighted by atomic mass is 9.75. The van der Waals surface area contributed by atoms with Gasteiger partial charge in [0, 0.05) is 18.5 Å². The first-order chi connectivity index (χ1) is 7.70. The molecule has 100 valence electrons. The van der Waals surface area contributed by atoms with E-state index >= 15 is 0 Å². The zero-order valence-electron chi connectivity index (χ0n) is 11.3. The molecule has 4 heteroatoms. The molecule has 0 radical (unpaired) electrons. The summed E-state index contributed by atoms with van der Waals surface area (Å²) in [7, 11) is 0. The molecule has 0 aromatic heterocycles. The first-order valence-electron chi connectivity index (χ1n) is 6.44. The van der Waals surface area contributed by atoms with Crippen molar-refractivity contribution in [2.24, 2.45) is 11.1 Å². The Balaban J connectivity index is 2.19. The van der Waals surface area contributed by atoms with Gasteiger partial charge >= 0.3 is 0 Å². The Bertz CT molecular complexity index is 267. The molecule has 0 aromatic carbocycles. The van der Waals surface area contributed by atoms with Crippen LogP contribution in [0.4, 0.5) is 0 Å². The van der Waals surface area contributed by atoms with Crippen molar-refractivity contribution in [2.45, 2.75) is 64.5 Å². The number of carbonyl (C=O) groups is 1. The van der Waals surface area contributed by atoms with Crippen molar-refractivity contribution in [3.63, 3.8) is 0 Å². The maximum absolute atomic E-state index is 11.6. The SMILES string of the molecule is CC(C)(C)CC(O)CNC(=O)CC1(N)CCC1. The lowest BCUT2D eigenvalue weighted by Crippen LogP contribution is -2.50. The van der Waals surface area contributed by atoms with Gasteiger partial charge in [-0.05, 0) is 31.1 Å². The molecule has 1 unspecified atom stereocenters. The molecule has 17 heavy (non-hydrogen) atoms. The van der Waals surface area contributed by atoms with E-state index in [4.69, 9.17) is 5.73 Å². The van der Waals surface area contributed by atoms with Crippen molar-refractivity contribution in [1.29, 1.82) is 0 Å². The van der Waals surface area contributed by atoms with Crippen molar-refractivity contribution in [1.82, 2.24) is 5.32 Å². The lowest BCUT2D eigenvalue weighted by Gasteiger charge is -2.37. The second kappa shape index (κ2) is 5.36. The van der Waals surface area contributed by atoms with Crippen LogP contribution in [0.1, 0.15) is 52.9 Å². The second-order valence-electron chi connectivity index (χ2n) is 6.62. The van der Waals surface area contributed by atoms with Crippen LogP contribution in [-0.4, -0.2) is 29.2 Å². The second-order valence-corrected chi connectivity index (χ2v) is 6.62. The maximum atomic E-state index is 11.6. The smallest absolute Gasteiger partial charge is 0.221 e. The molecule has 1 saturated carbocycles. The zero-order chi connectivity index (χ0) is 13.1. The number of amides is 1. The average molecular weight is 242 g/mol. The molecule has 4 N–H and O–H groups in total. The van der Waals surface area contributed by atoms with Gasteiger partial charge < -0.3 is 16.2 Å². The first-order valence-corrected chi connectivity index (χ1v) is 6.44. The van der Waals surface area contributed by atoms with Gasteiger partial charge in [-0.15, -0.1) is 0 Å². The topological polar surface area (TPSA) is 75.3 Å². The molecule has 0 bridgehead atoms. The number of aliphatic hydroxyl groups is 1. The van der Waals surface area contributed by atoms with E-state index in [1.807, 2.05) is 0 Å². The normalized spacial score (nSPS) is 20.5. The molecular weight excluding hydrogens is 216 g/mol. The van der Waals surface area contributed by atoms with Crippen LogP contribution in [0.15, 0.2) is 0 Å². The van der Waals surface area contributed by atoms with E-state index in [2.05, 4.69) is 26.1 Å². The van der Waals surface area contributed by atoms with Crippen LogP contribution in [0.3, 0.4) is 0 Å². The van der Waals surface area contributed by atoms with Crippen molar-refractivity contribution in [3.05, 3.63) is 0 Å². The summed E-state index contributed by atoms with van der Waals surface area (Å²) in [5, 5.41) is 12.5. The third kappa shape index (κ3) is 5.50. The Labute approximate surface area is 104 Å². The summed E-state index contributed by atoms with van der Waals surface area (Å²) >= 11 is 0. The molecule has 1 aliphatic rings. The van der Waals surface area contributed by atoms with Crippen molar-refractivity contribution in [2.75, 3.05) is 6.54 Å². The predicted octanol–water partition coefficient (Wildman–Crippen LogP) is 1.17. The molecule has 0 aromatic rings. The van der Waals surface area contributed by atoms with Gasteiger partial charge in [0.05, 0.1) is 6.10 Å². The third-order valence-electron chi connectivity index (χ3n) is 3.24. The molecule has 0 saturated heterocycles. The van der Waals surface area contributed by atoms with E-state index in [9.17, 15) is 9.90 Å².